The molecule has 0 bridgehead atoms. The Labute approximate surface area is 201 Å². The third-order valence-electron chi connectivity index (χ3n) is 6.65. The van der Waals surface area contributed by atoms with E-state index in [2.05, 4.69) is 20.2 Å². The van der Waals surface area contributed by atoms with E-state index in [1.807, 2.05) is 6.92 Å². The number of aromatic nitrogens is 2. The van der Waals surface area contributed by atoms with Crippen molar-refractivity contribution in [1.82, 2.24) is 14.9 Å². The number of thiophene rings is 1. The second-order valence-electron chi connectivity index (χ2n) is 8.79. The van der Waals surface area contributed by atoms with Crippen molar-refractivity contribution in [3.05, 3.63) is 40.8 Å². The Morgan fingerprint density at radius 3 is 2.74 bits per heavy atom. The number of morpholine rings is 1. The molecule has 3 heterocycles. The predicted octanol–water partition coefficient (Wildman–Crippen LogP) is 4.00. The van der Waals surface area contributed by atoms with E-state index in [9.17, 15) is 9.18 Å². The van der Waals surface area contributed by atoms with Gasteiger partial charge in [0.25, 0.3) is 5.91 Å². The van der Waals surface area contributed by atoms with Crippen molar-refractivity contribution in [1.29, 1.82) is 0 Å². The van der Waals surface area contributed by atoms with Gasteiger partial charge < -0.3 is 20.5 Å². The average molecular weight is 486 g/mol. The summed E-state index contributed by atoms with van der Waals surface area (Å²) < 4.78 is 25.9. The van der Waals surface area contributed by atoms with Gasteiger partial charge in [-0.1, -0.05) is 0 Å². The fourth-order valence-electron chi connectivity index (χ4n) is 4.88. The van der Waals surface area contributed by atoms with Gasteiger partial charge in [0, 0.05) is 25.2 Å². The lowest BCUT2D eigenvalue weighted by Crippen LogP contribution is -2.46. The molecule has 3 aromatic rings. The first-order valence-corrected chi connectivity index (χ1v) is 12.4. The molecule has 0 spiro atoms. The molecule has 1 aliphatic heterocycles. The van der Waals surface area contributed by atoms with Gasteiger partial charge in [0.15, 0.2) is 0 Å². The maximum absolute atomic E-state index is 14.2. The van der Waals surface area contributed by atoms with E-state index < -0.39 is 5.91 Å². The van der Waals surface area contributed by atoms with Crippen LogP contribution in [0.3, 0.4) is 0 Å². The second-order valence-corrected chi connectivity index (χ2v) is 9.78. The number of primary amides is 1. The molecule has 2 aliphatic rings. The van der Waals surface area contributed by atoms with Crippen LogP contribution in [-0.2, 0) is 4.74 Å². The standard InChI is InChI=1S/C24H28FN5O3S/c1-14-20-23(27-13-28-24(20)34-21(14)22(26)31)29-18-7-2-15(25)12-19(18)33-17-5-3-16(4-6-17)30-8-10-32-11-9-30/h2,7,12-13,16-17H,3-6,8-11H2,1H3,(H2,26,31)(H,27,28,29). The molecule has 3 N–H and O–H groups in total. The van der Waals surface area contributed by atoms with Gasteiger partial charge in [-0.15, -0.1) is 11.3 Å². The molecule has 0 atom stereocenters. The Kier molecular flexibility index (Phi) is 6.62. The van der Waals surface area contributed by atoms with Crippen molar-refractivity contribution >= 4 is 39.0 Å². The minimum absolute atomic E-state index is 0.0226. The van der Waals surface area contributed by atoms with Gasteiger partial charge in [-0.25, -0.2) is 14.4 Å². The third-order valence-corrected chi connectivity index (χ3v) is 7.86. The predicted molar refractivity (Wildman–Crippen MR) is 129 cm³/mol. The van der Waals surface area contributed by atoms with Crippen molar-refractivity contribution in [3.63, 3.8) is 0 Å². The van der Waals surface area contributed by atoms with Crippen LogP contribution < -0.4 is 15.8 Å². The zero-order chi connectivity index (χ0) is 23.7. The number of anilines is 2. The fraction of sp³-hybridized carbons (Fsp3) is 0.458. The normalized spacial score (nSPS) is 21.5. The second kappa shape index (κ2) is 9.81. The van der Waals surface area contributed by atoms with E-state index >= 15 is 0 Å². The molecule has 8 nitrogen and oxygen atoms in total. The first kappa shape index (κ1) is 22.9. The Bertz CT molecular complexity index is 1190. The van der Waals surface area contributed by atoms with E-state index in [1.54, 1.807) is 6.07 Å². The number of carbonyl (C=O) groups is 1. The molecule has 1 aromatic carbocycles. The van der Waals surface area contributed by atoms with Gasteiger partial charge in [0.2, 0.25) is 0 Å². The van der Waals surface area contributed by atoms with E-state index in [4.69, 9.17) is 15.2 Å². The first-order valence-electron chi connectivity index (χ1n) is 11.6. The lowest BCUT2D eigenvalue weighted by Gasteiger charge is -2.38. The number of fused-ring (bicyclic) bond motifs is 1. The van der Waals surface area contributed by atoms with Gasteiger partial charge in [-0.2, -0.15) is 0 Å². The van der Waals surface area contributed by atoms with Gasteiger partial charge >= 0.3 is 0 Å². The summed E-state index contributed by atoms with van der Waals surface area (Å²) in [4.78, 5) is 24.1. The van der Waals surface area contributed by atoms with Crippen LogP contribution in [0.4, 0.5) is 15.9 Å². The van der Waals surface area contributed by atoms with E-state index in [-0.39, 0.29) is 11.9 Å². The molecule has 1 amide bonds. The smallest absolute Gasteiger partial charge is 0.259 e. The number of hydrogen-bond donors (Lipinski definition) is 2. The first-order chi connectivity index (χ1) is 16.5. The number of halogens is 1. The molecule has 0 radical (unpaired) electrons. The summed E-state index contributed by atoms with van der Waals surface area (Å²) >= 11 is 1.23. The number of amides is 1. The molecule has 10 heteroatoms. The lowest BCUT2D eigenvalue weighted by molar-refractivity contribution is -0.000994. The molecule has 0 unspecified atom stereocenters. The third kappa shape index (κ3) is 4.70. The summed E-state index contributed by atoms with van der Waals surface area (Å²) in [6.45, 7) is 5.40. The van der Waals surface area contributed by atoms with Gasteiger partial charge in [-0.3, -0.25) is 9.69 Å². The Morgan fingerprint density at radius 2 is 2.00 bits per heavy atom. The average Bonchev–Trinajstić information content (AvgIpc) is 3.19. The molecule has 180 valence electrons. The lowest BCUT2D eigenvalue weighted by atomic mass is 9.91. The van der Waals surface area contributed by atoms with Crippen LogP contribution in [-0.4, -0.2) is 59.2 Å². The maximum Gasteiger partial charge on any atom is 0.259 e. The number of rotatable bonds is 6. The SMILES string of the molecule is Cc1c(C(N)=O)sc2ncnc(Nc3ccc(F)cc3OC3CCC(N4CCOCC4)CC3)c12. The Balaban J connectivity index is 1.34. The van der Waals surface area contributed by atoms with Crippen molar-refractivity contribution in [2.75, 3.05) is 31.6 Å². The minimum atomic E-state index is -0.495. The molecule has 34 heavy (non-hydrogen) atoms. The largest absolute Gasteiger partial charge is 0.488 e. The zero-order valence-electron chi connectivity index (χ0n) is 19.1. The summed E-state index contributed by atoms with van der Waals surface area (Å²) in [5.41, 5.74) is 6.85. The summed E-state index contributed by atoms with van der Waals surface area (Å²) in [6, 6.07) is 5.00. The van der Waals surface area contributed by atoms with Crippen LogP contribution >= 0.6 is 11.3 Å². The zero-order valence-corrected chi connectivity index (χ0v) is 19.9. The minimum Gasteiger partial charge on any atom is -0.488 e. The van der Waals surface area contributed by atoms with Crippen LogP contribution in [0.1, 0.15) is 40.9 Å². The summed E-state index contributed by atoms with van der Waals surface area (Å²) in [6.07, 6.45) is 5.40. The molecule has 5 rings (SSSR count). The summed E-state index contributed by atoms with van der Waals surface area (Å²) in [5, 5.41) is 4.00. The number of aryl methyl sites for hydroxylation is 1. The van der Waals surface area contributed by atoms with Crippen molar-refractivity contribution in [3.8, 4) is 5.75 Å². The molecule has 2 fully saturated rings. The van der Waals surface area contributed by atoms with Crippen LogP contribution in [0, 0.1) is 12.7 Å². The molecule has 2 aromatic heterocycles. The number of carbonyl (C=O) groups excluding carboxylic acids is 1. The number of hydrogen-bond acceptors (Lipinski definition) is 8. The highest BCUT2D eigenvalue weighted by Gasteiger charge is 2.28. The number of nitrogens with zero attached hydrogens (tertiary/aromatic N) is 3. The molecule has 1 saturated carbocycles. The number of ether oxygens (including phenoxy) is 2. The Morgan fingerprint density at radius 1 is 1.24 bits per heavy atom. The van der Waals surface area contributed by atoms with Crippen molar-refractivity contribution in [2.45, 2.75) is 44.8 Å². The van der Waals surface area contributed by atoms with Gasteiger partial charge in [0.05, 0.1) is 35.3 Å². The van der Waals surface area contributed by atoms with Gasteiger partial charge in [-0.05, 0) is 50.3 Å². The topological polar surface area (TPSA) is 103 Å². The highest BCUT2D eigenvalue weighted by molar-refractivity contribution is 7.20. The van der Waals surface area contributed by atoms with Crippen LogP contribution in [0.5, 0.6) is 5.75 Å². The maximum atomic E-state index is 14.2. The van der Waals surface area contributed by atoms with Crippen LogP contribution in [0.25, 0.3) is 10.2 Å². The monoisotopic (exact) mass is 485 g/mol. The van der Waals surface area contributed by atoms with E-state index in [1.165, 1.54) is 29.8 Å². The van der Waals surface area contributed by atoms with Crippen molar-refractivity contribution in [2.24, 2.45) is 5.73 Å². The molecule has 1 saturated heterocycles. The summed E-state index contributed by atoms with van der Waals surface area (Å²) in [7, 11) is 0. The fourth-order valence-corrected chi connectivity index (χ4v) is 5.88. The number of nitrogens with one attached hydrogen (secondary N) is 1. The van der Waals surface area contributed by atoms with Crippen molar-refractivity contribution < 1.29 is 18.7 Å². The van der Waals surface area contributed by atoms with Gasteiger partial charge in [0.1, 0.15) is 28.5 Å². The van der Waals surface area contributed by atoms with Crippen LogP contribution in [0.15, 0.2) is 24.5 Å². The molecule has 1 aliphatic carbocycles. The Hall–Kier alpha value is -2.82. The number of benzene rings is 1. The molecular formula is C24H28FN5O3S. The number of nitrogens with two attached hydrogens (primary N) is 1. The van der Waals surface area contributed by atoms with E-state index in [0.717, 1.165) is 62.9 Å². The highest BCUT2D eigenvalue weighted by Crippen LogP contribution is 2.37. The highest BCUT2D eigenvalue weighted by atomic mass is 32.1. The quantitative estimate of drug-likeness (QED) is 0.544. The van der Waals surface area contributed by atoms with E-state index in [0.29, 0.717) is 33.0 Å². The molecular weight excluding hydrogens is 457 g/mol. The summed E-state index contributed by atoms with van der Waals surface area (Å²) in [5.74, 6) is 0.117. The van der Waals surface area contributed by atoms with Crippen LogP contribution in [0.2, 0.25) is 0 Å².